The lowest BCUT2D eigenvalue weighted by Crippen LogP contribution is -2.48. The molecule has 5 nitrogen and oxygen atoms in total. The molecule has 0 aliphatic carbocycles. The average Bonchev–Trinajstić information content (AvgIpc) is 2.41. The summed E-state index contributed by atoms with van der Waals surface area (Å²) in [6, 6.07) is 0. The Balaban J connectivity index is 1.82. The topological polar surface area (TPSA) is 57.7 Å². The number of Topliss-reactive ketones (excluding diaryl/α,β-unsaturated/α-hetero) is 2. The second-order valence-electron chi connectivity index (χ2n) is 5.48. The largest absolute Gasteiger partial charge is 0.341 e. The van der Waals surface area contributed by atoms with Gasteiger partial charge in [-0.15, -0.1) is 0 Å². The Morgan fingerprint density at radius 3 is 2.47 bits per heavy atom. The van der Waals surface area contributed by atoms with Crippen LogP contribution in [0.3, 0.4) is 0 Å². The molecule has 2 saturated heterocycles. The second-order valence-corrected chi connectivity index (χ2v) is 5.48. The van der Waals surface area contributed by atoms with E-state index < -0.39 is 0 Å². The molecule has 106 valence electrons. The van der Waals surface area contributed by atoms with Gasteiger partial charge in [0.2, 0.25) is 5.91 Å². The molecule has 2 aliphatic heterocycles. The fourth-order valence-corrected chi connectivity index (χ4v) is 2.77. The van der Waals surface area contributed by atoms with Crippen molar-refractivity contribution >= 4 is 17.5 Å². The zero-order valence-electron chi connectivity index (χ0n) is 11.6. The Morgan fingerprint density at radius 1 is 1.16 bits per heavy atom. The molecule has 5 heteroatoms. The van der Waals surface area contributed by atoms with E-state index in [1.54, 1.807) is 4.90 Å². The zero-order chi connectivity index (χ0) is 13.8. The van der Waals surface area contributed by atoms with E-state index in [2.05, 4.69) is 4.90 Å². The van der Waals surface area contributed by atoms with Crippen LogP contribution in [0.4, 0.5) is 0 Å². The maximum Gasteiger partial charge on any atom is 0.236 e. The van der Waals surface area contributed by atoms with Gasteiger partial charge in [0.1, 0.15) is 11.6 Å². The molecular weight excluding hydrogens is 244 g/mol. The lowest BCUT2D eigenvalue weighted by Gasteiger charge is -2.33. The van der Waals surface area contributed by atoms with Gasteiger partial charge in [-0.25, -0.2) is 0 Å². The number of hydrogen-bond acceptors (Lipinski definition) is 4. The van der Waals surface area contributed by atoms with Crippen LogP contribution in [0.25, 0.3) is 0 Å². The highest BCUT2D eigenvalue weighted by atomic mass is 16.2. The van der Waals surface area contributed by atoms with Crippen molar-refractivity contribution in [3.8, 4) is 0 Å². The number of piperidine rings is 2. The first-order chi connectivity index (χ1) is 9.10. The monoisotopic (exact) mass is 266 g/mol. The molecule has 0 radical (unpaired) electrons. The molecule has 1 amide bonds. The van der Waals surface area contributed by atoms with E-state index in [4.69, 9.17) is 0 Å². The first-order valence-corrected chi connectivity index (χ1v) is 7.14. The molecule has 0 aromatic rings. The Labute approximate surface area is 113 Å². The molecular formula is C14H22N2O3. The molecule has 19 heavy (non-hydrogen) atoms. The van der Waals surface area contributed by atoms with E-state index in [9.17, 15) is 14.4 Å². The second kappa shape index (κ2) is 6.28. The molecule has 2 aliphatic rings. The summed E-state index contributed by atoms with van der Waals surface area (Å²) in [6.45, 7) is 4.91. The molecule has 2 fully saturated rings. The zero-order valence-corrected chi connectivity index (χ0v) is 11.6. The summed E-state index contributed by atoms with van der Waals surface area (Å²) < 4.78 is 0. The van der Waals surface area contributed by atoms with E-state index in [1.165, 1.54) is 0 Å². The smallest absolute Gasteiger partial charge is 0.236 e. The van der Waals surface area contributed by atoms with Gasteiger partial charge in [-0.1, -0.05) is 6.92 Å². The number of ketones is 2. The average molecular weight is 266 g/mol. The van der Waals surface area contributed by atoms with Crippen molar-refractivity contribution < 1.29 is 14.4 Å². The minimum Gasteiger partial charge on any atom is -0.341 e. The van der Waals surface area contributed by atoms with Crippen molar-refractivity contribution in [3.63, 3.8) is 0 Å². The first kappa shape index (κ1) is 14.2. The molecule has 0 N–H and O–H groups in total. The SMILES string of the molecule is CCC1CN(CC(=O)N2CCC(=O)CC2)CCC1=O. The third-order valence-corrected chi connectivity index (χ3v) is 4.13. The molecule has 0 bridgehead atoms. The van der Waals surface area contributed by atoms with Gasteiger partial charge in [-0.2, -0.15) is 0 Å². The van der Waals surface area contributed by atoms with Crippen LogP contribution in [0.15, 0.2) is 0 Å². The number of likely N-dealkylation sites (tertiary alicyclic amines) is 2. The van der Waals surface area contributed by atoms with Crippen LogP contribution < -0.4 is 0 Å². The summed E-state index contributed by atoms with van der Waals surface area (Å²) in [6.07, 6.45) is 2.38. The molecule has 0 aromatic carbocycles. The molecule has 1 atom stereocenters. The van der Waals surface area contributed by atoms with Gasteiger partial charge in [-0.3, -0.25) is 19.3 Å². The van der Waals surface area contributed by atoms with Gasteiger partial charge < -0.3 is 4.90 Å². The predicted molar refractivity (Wildman–Crippen MR) is 70.7 cm³/mol. The Hall–Kier alpha value is -1.23. The Bertz CT molecular complexity index is 371. The number of nitrogens with zero attached hydrogens (tertiary/aromatic N) is 2. The normalized spacial score (nSPS) is 25.7. The minimum atomic E-state index is 0.0875. The highest BCUT2D eigenvalue weighted by molar-refractivity contribution is 5.85. The summed E-state index contributed by atoms with van der Waals surface area (Å²) in [5.41, 5.74) is 0. The number of carbonyl (C=O) groups is 3. The first-order valence-electron chi connectivity index (χ1n) is 7.14. The fraction of sp³-hybridized carbons (Fsp3) is 0.786. The molecule has 2 rings (SSSR count). The maximum atomic E-state index is 12.1. The van der Waals surface area contributed by atoms with Crippen LogP contribution >= 0.6 is 0 Å². The fourth-order valence-electron chi connectivity index (χ4n) is 2.77. The number of carbonyl (C=O) groups excluding carboxylic acids is 3. The molecule has 0 spiro atoms. The van der Waals surface area contributed by atoms with Gasteiger partial charge in [0.05, 0.1) is 6.54 Å². The van der Waals surface area contributed by atoms with E-state index in [0.717, 1.165) is 6.42 Å². The lowest BCUT2D eigenvalue weighted by atomic mass is 9.94. The summed E-state index contributed by atoms with van der Waals surface area (Å²) >= 11 is 0. The Morgan fingerprint density at radius 2 is 1.84 bits per heavy atom. The van der Waals surface area contributed by atoms with Crippen molar-refractivity contribution in [3.05, 3.63) is 0 Å². The van der Waals surface area contributed by atoms with E-state index in [1.807, 2.05) is 6.92 Å². The maximum absolute atomic E-state index is 12.1. The number of amides is 1. The third kappa shape index (κ3) is 3.62. The van der Waals surface area contributed by atoms with Crippen molar-refractivity contribution in [1.82, 2.24) is 9.80 Å². The van der Waals surface area contributed by atoms with E-state index >= 15 is 0 Å². The minimum absolute atomic E-state index is 0.0875. The van der Waals surface area contributed by atoms with Crippen molar-refractivity contribution in [2.75, 3.05) is 32.7 Å². The van der Waals surface area contributed by atoms with Crippen LogP contribution in [0.2, 0.25) is 0 Å². The van der Waals surface area contributed by atoms with Crippen LogP contribution in [-0.4, -0.2) is 60.0 Å². The quantitative estimate of drug-likeness (QED) is 0.745. The van der Waals surface area contributed by atoms with Gasteiger partial charge >= 0.3 is 0 Å². The van der Waals surface area contributed by atoms with Crippen LogP contribution in [0.1, 0.15) is 32.6 Å². The van der Waals surface area contributed by atoms with Gasteiger partial charge in [0, 0.05) is 51.4 Å². The summed E-state index contributed by atoms with van der Waals surface area (Å²) in [5, 5.41) is 0. The molecule has 1 unspecified atom stereocenters. The van der Waals surface area contributed by atoms with Gasteiger partial charge in [0.25, 0.3) is 0 Å². The van der Waals surface area contributed by atoms with Crippen LogP contribution in [0, 0.1) is 5.92 Å². The van der Waals surface area contributed by atoms with Crippen molar-refractivity contribution in [2.45, 2.75) is 32.6 Å². The van der Waals surface area contributed by atoms with Crippen LogP contribution in [0.5, 0.6) is 0 Å². The van der Waals surface area contributed by atoms with Gasteiger partial charge in [0.15, 0.2) is 0 Å². The summed E-state index contributed by atoms with van der Waals surface area (Å²) in [4.78, 5) is 38.8. The standard InChI is InChI=1S/C14H22N2O3/c1-2-11-9-15(6-5-13(11)18)10-14(19)16-7-3-12(17)4-8-16/h11H,2-10H2,1H3. The van der Waals surface area contributed by atoms with Crippen molar-refractivity contribution in [1.29, 1.82) is 0 Å². The van der Waals surface area contributed by atoms with E-state index in [0.29, 0.717) is 57.8 Å². The lowest BCUT2D eigenvalue weighted by molar-refractivity contribution is -0.137. The number of rotatable bonds is 3. The summed E-state index contributed by atoms with van der Waals surface area (Å²) in [7, 11) is 0. The highest BCUT2D eigenvalue weighted by Gasteiger charge is 2.28. The summed E-state index contributed by atoms with van der Waals surface area (Å²) in [5.74, 6) is 0.759. The highest BCUT2D eigenvalue weighted by Crippen LogP contribution is 2.16. The molecule has 0 aromatic heterocycles. The van der Waals surface area contributed by atoms with Gasteiger partial charge in [-0.05, 0) is 6.42 Å². The van der Waals surface area contributed by atoms with Crippen molar-refractivity contribution in [2.24, 2.45) is 5.92 Å². The number of hydrogen-bond donors (Lipinski definition) is 0. The predicted octanol–water partition coefficient (Wildman–Crippen LogP) is 0.479. The molecule has 0 saturated carbocycles. The van der Waals surface area contributed by atoms with E-state index in [-0.39, 0.29) is 17.6 Å². The Kier molecular flexibility index (Phi) is 4.69. The third-order valence-electron chi connectivity index (χ3n) is 4.13. The molecule has 2 heterocycles. The van der Waals surface area contributed by atoms with Crippen LogP contribution in [-0.2, 0) is 14.4 Å².